The number of piperidine rings is 1. The molecule has 0 N–H and O–H groups in total. The van der Waals surface area contributed by atoms with Crippen LogP contribution in [0, 0.1) is 0 Å². The normalized spacial score (nSPS) is 23.6. The molecule has 0 radical (unpaired) electrons. The topological polar surface area (TPSA) is 51.1 Å². The molecule has 0 unspecified atom stereocenters. The molecule has 0 saturated carbocycles. The molecular weight excluding hydrogens is 268 g/mol. The first-order valence-electron chi connectivity index (χ1n) is 7.32. The first kappa shape index (κ1) is 14.2. The predicted molar refractivity (Wildman–Crippen MR) is 79.3 cm³/mol. The molecule has 112 valence electrons. The highest BCUT2D eigenvalue weighted by molar-refractivity contribution is 5.92. The van der Waals surface area contributed by atoms with Crippen molar-refractivity contribution in [3.63, 3.8) is 0 Å². The Labute approximate surface area is 124 Å². The van der Waals surface area contributed by atoms with Crippen LogP contribution in [0.4, 0.5) is 0 Å². The average Bonchev–Trinajstić information content (AvgIpc) is 2.92. The summed E-state index contributed by atoms with van der Waals surface area (Å²) in [4.78, 5) is 19.2. The van der Waals surface area contributed by atoms with E-state index in [2.05, 4.69) is 17.1 Å². The molecule has 2 heterocycles. The Morgan fingerprint density at radius 1 is 1.29 bits per heavy atom. The number of rotatable bonds is 2. The minimum Gasteiger partial charge on any atom is -0.368 e. The standard InChI is InChI=1S/C16H20N2O3/c1-18-9-7-16(8-10-18)11-14(12-20-16)17-21-15(19)13-5-3-2-4-6-13/h2-6H,7-12H2,1H3/b17-14-. The second kappa shape index (κ2) is 5.95. The van der Waals surface area contributed by atoms with Gasteiger partial charge in [-0.15, -0.1) is 0 Å². The monoisotopic (exact) mass is 288 g/mol. The molecule has 0 aromatic heterocycles. The number of hydrogen-bond donors (Lipinski definition) is 0. The lowest BCUT2D eigenvalue weighted by Gasteiger charge is -2.36. The van der Waals surface area contributed by atoms with Gasteiger partial charge in [-0.1, -0.05) is 23.4 Å². The van der Waals surface area contributed by atoms with Gasteiger partial charge in [-0.2, -0.15) is 0 Å². The minimum atomic E-state index is -0.424. The van der Waals surface area contributed by atoms with Crippen LogP contribution in [0.2, 0.25) is 0 Å². The van der Waals surface area contributed by atoms with Crippen LogP contribution in [-0.2, 0) is 9.57 Å². The van der Waals surface area contributed by atoms with Gasteiger partial charge in [0.2, 0.25) is 0 Å². The predicted octanol–water partition coefficient (Wildman–Crippen LogP) is 2.08. The summed E-state index contributed by atoms with van der Waals surface area (Å²) in [7, 11) is 2.12. The summed E-state index contributed by atoms with van der Waals surface area (Å²) in [6, 6.07) is 8.89. The lowest BCUT2D eigenvalue weighted by molar-refractivity contribution is -0.0386. The number of hydrogen-bond acceptors (Lipinski definition) is 5. The molecule has 21 heavy (non-hydrogen) atoms. The third-order valence-electron chi connectivity index (χ3n) is 4.24. The Hall–Kier alpha value is -1.72. The minimum absolute atomic E-state index is 0.0928. The first-order valence-corrected chi connectivity index (χ1v) is 7.32. The Kier molecular flexibility index (Phi) is 4.03. The highest BCUT2D eigenvalue weighted by atomic mass is 16.7. The molecule has 1 spiro atoms. The lowest BCUT2D eigenvalue weighted by Crippen LogP contribution is -2.42. The average molecular weight is 288 g/mol. The molecule has 2 fully saturated rings. The van der Waals surface area contributed by atoms with Gasteiger partial charge < -0.3 is 14.5 Å². The van der Waals surface area contributed by atoms with Crippen molar-refractivity contribution in [3.8, 4) is 0 Å². The van der Waals surface area contributed by atoms with Crippen molar-refractivity contribution < 1.29 is 14.4 Å². The van der Waals surface area contributed by atoms with Crippen LogP contribution in [0.5, 0.6) is 0 Å². The van der Waals surface area contributed by atoms with Gasteiger partial charge in [-0.25, -0.2) is 4.79 Å². The molecule has 2 aliphatic rings. The maximum atomic E-state index is 11.8. The Bertz CT molecular complexity index is 534. The maximum absolute atomic E-state index is 11.8. The lowest BCUT2D eigenvalue weighted by atomic mass is 9.88. The molecule has 5 heteroatoms. The number of carbonyl (C=O) groups is 1. The van der Waals surface area contributed by atoms with E-state index in [1.54, 1.807) is 24.3 Å². The SMILES string of the molecule is CN1CCC2(CC1)C/C(=N/OC(=O)c1ccccc1)CO2. The fourth-order valence-electron chi connectivity index (χ4n) is 2.85. The Morgan fingerprint density at radius 2 is 2.00 bits per heavy atom. The quantitative estimate of drug-likeness (QED) is 0.617. The van der Waals surface area contributed by atoms with Crippen molar-refractivity contribution >= 4 is 11.7 Å². The number of carbonyl (C=O) groups excluding carboxylic acids is 1. The van der Waals surface area contributed by atoms with E-state index in [1.165, 1.54) is 0 Å². The summed E-state index contributed by atoms with van der Waals surface area (Å²) >= 11 is 0. The smallest absolute Gasteiger partial charge is 0.365 e. The van der Waals surface area contributed by atoms with Crippen LogP contribution in [-0.4, -0.2) is 48.9 Å². The second-order valence-corrected chi connectivity index (χ2v) is 5.85. The van der Waals surface area contributed by atoms with Gasteiger partial charge in [0, 0.05) is 19.5 Å². The zero-order valence-electron chi connectivity index (χ0n) is 12.2. The molecule has 1 aromatic rings. The summed E-state index contributed by atoms with van der Waals surface area (Å²) in [5.74, 6) is -0.424. The van der Waals surface area contributed by atoms with Crippen LogP contribution < -0.4 is 0 Å². The molecule has 5 nitrogen and oxygen atoms in total. The van der Waals surface area contributed by atoms with E-state index in [-0.39, 0.29) is 5.60 Å². The van der Waals surface area contributed by atoms with Gasteiger partial charge in [-0.3, -0.25) is 0 Å². The van der Waals surface area contributed by atoms with E-state index < -0.39 is 5.97 Å². The zero-order valence-corrected chi connectivity index (χ0v) is 12.2. The van der Waals surface area contributed by atoms with Crippen LogP contribution >= 0.6 is 0 Å². The van der Waals surface area contributed by atoms with Crippen LogP contribution in [0.25, 0.3) is 0 Å². The molecular formula is C16H20N2O3. The summed E-state index contributed by atoms with van der Waals surface area (Å²) in [6.07, 6.45) is 2.78. The van der Waals surface area contributed by atoms with Gasteiger partial charge in [0.05, 0.1) is 23.5 Å². The van der Waals surface area contributed by atoms with Crippen molar-refractivity contribution in [1.82, 2.24) is 4.90 Å². The van der Waals surface area contributed by atoms with E-state index >= 15 is 0 Å². The third-order valence-corrected chi connectivity index (χ3v) is 4.24. The fourth-order valence-corrected chi connectivity index (χ4v) is 2.85. The van der Waals surface area contributed by atoms with Crippen LogP contribution in [0.15, 0.2) is 35.5 Å². The van der Waals surface area contributed by atoms with Gasteiger partial charge in [0.15, 0.2) is 0 Å². The first-order chi connectivity index (χ1) is 10.2. The summed E-state index contributed by atoms with van der Waals surface area (Å²) in [5, 5.41) is 4.00. The number of ether oxygens (including phenoxy) is 1. The highest BCUT2D eigenvalue weighted by Crippen LogP contribution is 2.34. The Morgan fingerprint density at radius 3 is 2.71 bits per heavy atom. The van der Waals surface area contributed by atoms with Gasteiger partial charge >= 0.3 is 5.97 Å². The van der Waals surface area contributed by atoms with E-state index in [4.69, 9.17) is 9.57 Å². The van der Waals surface area contributed by atoms with Gasteiger partial charge in [-0.05, 0) is 32.0 Å². The maximum Gasteiger partial charge on any atom is 0.365 e. The van der Waals surface area contributed by atoms with E-state index in [0.717, 1.165) is 38.1 Å². The van der Waals surface area contributed by atoms with Crippen molar-refractivity contribution in [2.24, 2.45) is 5.16 Å². The van der Waals surface area contributed by atoms with E-state index in [1.807, 2.05) is 6.07 Å². The number of benzene rings is 1. The van der Waals surface area contributed by atoms with E-state index in [0.29, 0.717) is 12.2 Å². The summed E-state index contributed by atoms with van der Waals surface area (Å²) in [5.41, 5.74) is 1.24. The molecule has 2 aliphatic heterocycles. The van der Waals surface area contributed by atoms with Gasteiger partial charge in [0.1, 0.15) is 0 Å². The van der Waals surface area contributed by atoms with Crippen molar-refractivity contribution in [1.29, 1.82) is 0 Å². The molecule has 1 aromatic carbocycles. The van der Waals surface area contributed by atoms with Crippen LogP contribution in [0.3, 0.4) is 0 Å². The van der Waals surface area contributed by atoms with E-state index in [9.17, 15) is 4.79 Å². The molecule has 0 aliphatic carbocycles. The van der Waals surface area contributed by atoms with Crippen molar-refractivity contribution in [2.75, 3.05) is 26.7 Å². The number of nitrogens with zero attached hydrogens (tertiary/aromatic N) is 2. The molecule has 0 amide bonds. The zero-order chi connectivity index (χ0) is 14.7. The molecule has 0 bridgehead atoms. The second-order valence-electron chi connectivity index (χ2n) is 5.85. The Balaban J connectivity index is 1.58. The van der Waals surface area contributed by atoms with Crippen molar-refractivity contribution in [2.45, 2.75) is 24.9 Å². The number of likely N-dealkylation sites (tertiary alicyclic amines) is 1. The highest BCUT2D eigenvalue weighted by Gasteiger charge is 2.40. The largest absolute Gasteiger partial charge is 0.368 e. The van der Waals surface area contributed by atoms with Gasteiger partial charge in [0.25, 0.3) is 0 Å². The number of oxime groups is 1. The van der Waals surface area contributed by atoms with Crippen molar-refractivity contribution in [3.05, 3.63) is 35.9 Å². The third kappa shape index (κ3) is 3.31. The fraction of sp³-hybridized carbons (Fsp3) is 0.500. The van der Waals surface area contributed by atoms with Crippen LogP contribution in [0.1, 0.15) is 29.6 Å². The summed E-state index contributed by atoms with van der Waals surface area (Å²) in [6.45, 7) is 2.54. The molecule has 0 atom stereocenters. The molecule has 3 rings (SSSR count). The summed E-state index contributed by atoms with van der Waals surface area (Å²) < 4.78 is 5.93. The molecule has 2 saturated heterocycles.